The Balaban J connectivity index is 1.54. The predicted molar refractivity (Wildman–Crippen MR) is 84.0 cm³/mol. The molecule has 5 aliphatic rings. The third-order valence-electron chi connectivity index (χ3n) is 8.66. The molecule has 1 aliphatic heterocycles. The molecule has 5 heteroatoms. The van der Waals surface area contributed by atoms with Crippen LogP contribution in [0.4, 0.5) is 0 Å². The second-order valence-corrected chi connectivity index (χ2v) is 9.16. The Morgan fingerprint density at radius 3 is 2.71 bits per heavy atom. The number of hydrogen-bond donors (Lipinski definition) is 2. The van der Waals surface area contributed by atoms with Gasteiger partial charge in [-0.2, -0.15) is 0 Å². The first-order valence-electron chi connectivity index (χ1n) is 9.43. The summed E-state index contributed by atoms with van der Waals surface area (Å²) < 4.78 is 5.98. The molecule has 1 saturated heterocycles. The summed E-state index contributed by atoms with van der Waals surface area (Å²) in [6.45, 7) is 2.10. The zero-order chi connectivity index (χ0) is 16.9. The maximum atomic E-state index is 12.5. The van der Waals surface area contributed by atoms with Crippen LogP contribution in [0.1, 0.15) is 51.9 Å². The maximum absolute atomic E-state index is 12.5. The van der Waals surface area contributed by atoms with Gasteiger partial charge in [-0.05, 0) is 56.3 Å². The van der Waals surface area contributed by atoms with E-state index in [1.54, 1.807) is 0 Å². The molecule has 0 amide bonds. The third-order valence-corrected chi connectivity index (χ3v) is 8.66. The van der Waals surface area contributed by atoms with Gasteiger partial charge in [-0.25, -0.2) is 0 Å². The van der Waals surface area contributed by atoms with E-state index in [2.05, 4.69) is 0 Å². The quantitative estimate of drug-likeness (QED) is 0.705. The van der Waals surface area contributed by atoms with Crippen LogP contribution in [0, 0.1) is 28.6 Å². The predicted octanol–water partition coefficient (Wildman–Crippen LogP) is 1.24. The number of ether oxygens (including phenoxy) is 1. The van der Waals surface area contributed by atoms with Crippen molar-refractivity contribution in [3.05, 3.63) is 0 Å². The van der Waals surface area contributed by atoms with Crippen molar-refractivity contribution < 1.29 is 24.5 Å². The second kappa shape index (κ2) is 4.49. The summed E-state index contributed by atoms with van der Waals surface area (Å²) in [6, 6.07) is 0. The van der Waals surface area contributed by atoms with Crippen LogP contribution in [0.5, 0.6) is 0 Å². The summed E-state index contributed by atoms with van der Waals surface area (Å²) in [6.07, 6.45) is 4.07. The Hall–Kier alpha value is -0.780. The molecule has 2 N–H and O–H groups in total. The van der Waals surface area contributed by atoms with Gasteiger partial charge >= 0.3 is 0 Å². The van der Waals surface area contributed by atoms with Gasteiger partial charge < -0.3 is 14.9 Å². The number of ketones is 2. The van der Waals surface area contributed by atoms with Crippen LogP contribution >= 0.6 is 0 Å². The van der Waals surface area contributed by atoms with Gasteiger partial charge in [0.1, 0.15) is 17.8 Å². The molecule has 8 atom stereocenters. The lowest BCUT2D eigenvalue weighted by molar-refractivity contribution is -0.151. The SMILES string of the molecule is C[C@]12CCC3C(CC[C@]45O[C@H]4C(=O)CC[C@]35CO)C1C[C@@H](O)C2=O. The van der Waals surface area contributed by atoms with Crippen LogP contribution in [0.15, 0.2) is 0 Å². The summed E-state index contributed by atoms with van der Waals surface area (Å²) in [5.74, 6) is 1.06. The number of carbonyl (C=O) groups is 2. The number of fused-ring (bicyclic) bond motifs is 4. The molecule has 0 aromatic rings. The fourth-order valence-corrected chi connectivity index (χ4v) is 7.38. The van der Waals surface area contributed by atoms with Gasteiger partial charge in [0.05, 0.1) is 6.61 Å². The highest BCUT2D eigenvalue weighted by atomic mass is 16.6. The molecule has 4 saturated carbocycles. The first kappa shape index (κ1) is 15.5. The summed E-state index contributed by atoms with van der Waals surface area (Å²) in [5, 5.41) is 20.6. The van der Waals surface area contributed by atoms with E-state index in [9.17, 15) is 19.8 Å². The number of carbonyl (C=O) groups excluding carboxylic acids is 2. The smallest absolute Gasteiger partial charge is 0.167 e. The Morgan fingerprint density at radius 2 is 1.96 bits per heavy atom. The molecule has 5 rings (SSSR count). The number of hydrogen-bond acceptors (Lipinski definition) is 5. The molecule has 5 nitrogen and oxygen atoms in total. The Labute approximate surface area is 141 Å². The van der Waals surface area contributed by atoms with E-state index >= 15 is 0 Å². The number of aliphatic hydroxyl groups is 2. The normalized spacial score (nSPS) is 58.5. The molecule has 0 aromatic heterocycles. The van der Waals surface area contributed by atoms with Crippen LogP contribution in [0.25, 0.3) is 0 Å². The number of aliphatic hydroxyl groups excluding tert-OH is 2. The molecule has 0 bridgehead atoms. The Kier molecular flexibility index (Phi) is 2.89. The fraction of sp³-hybridized carbons (Fsp3) is 0.895. The number of epoxide rings is 1. The summed E-state index contributed by atoms with van der Waals surface area (Å²) in [5.41, 5.74) is -1.17. The Bertz CT molecular complexity index is 631. The average Bonchev–Trinajstić information content (AvgIpc) is 3.27. The van der Waals surface area contributed by atoms with E-state index in [1.165, 1.54) is 0 Å². The lowest BCUT2D eigenvalue weighted by Gasteiger charge is -2.58. The molecule has 3 unspecified atom stereocenters. The van der Waals surface area contributed by atoms with Crippen molar-refractivity contribution in [1.82, 2.24) is 0 Å². The van der Waals surface area contributed by atoms with Crippen molar-refractivity contribution in [2.75, 3.05) is 6.61 Å². The summed E-state index contributed by atoms with van der Waals surface area (Å²) >= 11 is 0. The molecular weight excluding hydrogens is 308 g/mol. The van der Waals surface area contributed by atoms with E-state index in [0.29, 0.717) is 31.1 Å². The average molecular weight is 334 g/mol. The first-order chi connectivity index (χ1) is 11.4. The minimum absolute atomic E-state index is 0.0173. The molecule has 1 spiro atoms. The molecule has 4 aliphatic carbocycles. The molecule has 0 aromatic carbocycles. The zero-order valence-corrected chi connectivity index (χ0v) is 14.2. The lowest BCUT2D eigenvalue weighted by Crippen LogP contribution is -2.61. The highest BCUT2D eigenvalue weighted by molar-refractivity contribution is 5.91. The van der Waals surface area contributed by atoms with E-state index in [-0.39, 0.29) is 35.6 Å². The minimum atomic E-state index is -0.822. The molecule has 132 valence electrons. The van der Waals surface area contributed by atoms with Gasteiger partial charge in [0.15, 0.2) is 11.6 Å². The Morgan fingerprint density at radius 1 is 1.17 bits per heavy atom. The van der Waals surface area contributed by atoms with Crippen LogP contribution in [0.3, 0.4) is 0 Å². The van der Waals surface area contributed by atoms with E-state index in [4.69, 9.17) is 4.74 Å². The van der Waals surface area contributed by atoms with Gasteiger partial charge in [0.2, 0.25) is 0 Å². The summed E-state index contributed by atoms with van der Waals surface area (Å²) in [4.78, 5) is 24.7. The van der Waals surface area contributed by atoms with Crippen molar-refractivity contribution in [1.29, 1.82) is 0 Å². The van der Waals surface area contributed by atoms with Gasteiger partial charge in [0, 0.05) is 17.3 Å². The van der Waals surface area contributed by atoms with E-state index in [1.807, 2.05) is 6.92 Å². The van der Waals surface area contributed by atoms with Gasteiger partial charge in [0.25, 0.3) is 0 Å². The number of rotatable bonds is 1. The maximum Gasteiger partial charge on any atom is 0.167 e. The van der Waals surface area contributed by atoms with Crippen molar-refractivity contribution >= 4 is 11.6 Å². The largest absolute Gasteiger partial charge is 0.396 e. The number of Topliss-reactive ketones (excluding diaryl/α,β-unsaturated/α-hetero) is 2. The van der Waals surface area contributed by atoms with Crippen LogP contribution in [-0.4, -0.2) is 46.2 Å². The van der Waals surface area contributed by atoms with Crippen LogP contribution < -0.4 is 0 Å². The molecular formula is C19H26O5. The highest BCUT2D eigenvalue weighted by Gasteiger charge is 2.78. The molecule has 1 heterocycles. The monoisotopic (exact) mass is 334 g/mol. The van der Waals surface area contributed by atoms with Crippen molar-refractivity contribution in [2.45, 2.75) is 69.7 Å². The molecule has 5 fully saturated rings. The van der Waals surface area contributed by atoms with Gasteiger partial charge in [-0.15, -0.1) is 0 Å². The molecule has 0 radical (unpaired) electrons. The van der Waals surface area contributed by atoms with Gasteiger partial charge in [-0.3, -0.25) is 9.59 Å². The fourth-order valence-electron chi connectivity index (χ4n) is 7.38. The van der Waals surface area contributed by atoms with E-state index in [0.717, 1.165) is 25.7 Å². The summed E-state index contributed by atoms with van der Waals surface area (Å²) in [7, 11) is 0. The highest BCUT2D eigenvalue weighted by Crippen LogP contribution is 2.71. The standard InChI is InChI=1S/C19H26O5/c1-17-5-3-11-10(12(17)8-14(22)15(17)23)2-7-19-16(24-19)13(21)4-6-18(11,19)9-20/h10-12,14,16,20,22H,2-9H2,1H3/t10?,11?,12?,14-,16+,17+,18+,19+/m1/s1. The topological polar surface area (TPSA) is 87.1 Å². The van der Waals surface area contributed by atoms with Crippen LogP contribution in [-0.2, 0) is 14.3 Å². The van der Waals surface area contributed by atoms with Crippen molar-refractivity contribution in [3.63, 3.8) is 0 Å². The van der Waals surface area contributed by atoms with E-state index < -0.39 is 17.1 Å². The van der Waals surface area contributed by atoms with Crippen LogP contribution in [0.2, 0.25) is 0 Å². The third kappa shape index (κ3) is 1.49. The zero-order valence-electron chi connectivity index (χ0n) is 14.2. The van der Waals surface area contributed by atoms with Crippen molar-refractivity contribution in [3.8, 4) is 0 Å². The second-order valence-electron chi connectivity index (χ2n) is 9.16. The lowest BCUT2D eigenvalue weighted by atomic mass is 9.44. The molecule has 24 heavy (non-hydrogen) atoms. The van der Waals surface area contributed by atoms with Gasteiger partial charge in [-0.1, -0.05) is 6.92 Å². The first-order valence-corrected chi connectivity index (χ1v) is 9.43. The minimum Gasteiger partial charge on any atom is -0.396 e. The van der Waals surface area contributed by atoms with Crippen molar-refractivity contribution in [2.24, 2.45) is 28.6 Å².